The van der Waals surface area contributed by atoms with Crippen molar-refractivity contribution >= 4 is 16.7 Å². The number of fused-ring (bicyclic) bond motifs is 1. The summed E-state index contributed by atoms with van der Waals surface area (Å²) in [7, 11) is 0. The predicted octanol–water partition coefficient (Wildman–Crippen LogP) is 4.52. The van der Waals surface area contributed by atoms with Gasteiger partial charge in [-0.1, -0.05) is 60.7 Å². The molecular formula is C25H28N2O2. The monoisotopic (exact) mass is 388 g/mol. The number of hydrogen-bond donors (Lipinski definition) is 1. The highest BCUT2D eigenvalue weighted by molar-refractivity contribution is 5.89. The fourth-order valence-corrected chi connectivity index (χ4v) is 3.93. The van der Waals surface area contributed by atoms with E-state index in [1.54, 1.807) is 6.92 Å². The molecule has 1 N–H and O–H groups in total. The summed E-state index contributed by atoms with van der Waals surface area (Å²) in [6, 6.07) is 22.3. The molecule has 0 unspecified atom stereocenters. The first kappa shape index (κ1) is 19.5. The Morgan fingerprint density at radius 2 is 1.66 bits per heavy atom. The lowest BCUT2D eigenvalue weighted by molar-refractivity contribution is -0.127. The summed E-state index contributed by atoms with van der Waals surface area (Å²) < 4.78 is 6.00. The van der Waals surface area contributed by atoms with E-state index in [0.717, 1.165) is 36.2 Å². The van der Waals surface area contributed by atoms with E-state index in [-0.39, 0.29) is 5.91 Å². The van der Waals surface area contributed by atoms with Crippen LogP contribution >= 0.6 is 0 Å². The molecule has 1 aliphatic heterocycles. The van der Waals surface area contributed by atoms with Crippen molar-refractivity contribution in [3.63, 3.8) is 0 Å². The second-order valence-corrected chi connectivity index (χ2v) is 7.71. The molecule has 4 heteroatoms. The van der Waals surface area contributed by atoms with Gasteiger partial charge in [0.2, 0.25) is 0 Å². The summed E-state index contributed by atoms with van der Waals surface area (Å²) in [6.45, 7) is 5.60. The van der Waals surface area contributed by atoms with Crippen molar-refractivity contribution in [2.75, 3.05) is 13.1 Å². The van der Waals surface area contributed by atoms with Gasteiger partial charge in [0.1, 0.15) is 5.75 Å². The zero-order valence-electron chi connectivity index (χ0n) is 16.9. The van der Waals surface area contributed by atoms with E-state index < -0.39 is 6.10 Å². The molecule has 1 atom stereocenters. The average Bonchev–Trinajstić information content (AvgIpc) is 3.26. The van der Waals surface area contributed by atoms with E-state index in [1.165, 1.54) is 24.0 Å². The van der Waals surface area contributed by atoms with Crippen LogP contribution in [0.5, 0.6) is 5.75 Å². The first-order chi connectivity index (χ1) is 14.2. The molecular weight excluding hydrogens is 360 g/mol. The van der Waals surface area contributed by atoms with Crippen molar-refractivity contribution < 1.29 is 9.53 Å². The maximum absolute atomic E-state index is 12.7. The highest BCUT2D eigenvalue weighted by Gasteiger charge is 2.17. The minimum absolute atomic E-state index is 0.103. The molecule has 150 valence electrons. The van der Waals surface area contributed by atoms with Crippen molar-refractivity contribution in [1.82, 2.24) is 10.2 Å². The van der Waals surface area contributed by atoms with E-state index in [4.69, 9.17) is 4.74 Å². The summed E-state index contributed by atoms with van der Waals surface area (Å²) >= 11 is 0. The van der Waals surface area contributed by atoms with Gasteiger partial charge in [-0.2, -0.15) is 0 Å². The highest BCUT2D eigenvalue weighted by atomic mass is 16.5. The average molecular weight is 389 g/mol. The van der Waals surface area contributed by atoms with Crippen LogP contribution in [-0.2, 0) is 17.9 Å². The number of nitrogens with one attached hydrogen (secondary N) is 1. The van der Waals surface area contributed by atoms with Gasteiger partial charge in [-0.15, -0.1) is 0 Å². The SMILES string of the molecule is C[C@H](Oc1cccc2ccccc12)C(=O)NCc1ccccc1CN1CCCC1. The maximum Gasteiger partial charge on any atom is 0.261 e. The quantitative estimate of drug-likeness (QED) is 0.647. The van der Waals surface area contributed by atoms with Gasteiger partial charge in [-0.3, -0.25) is 9.69 Å². The van der Waals surface area contributed by atoms with Crippen LogP contribution < -0.4 is 10.1 Å². The Labute approximate surface area is 172 Å². The Morgan fingerprint density at radius 1 is 0.966 bits per heavy atom. The van der Waals surface area contributed by atoms with E-state index in [1.807, 2.05) is 48.5 Å². The third-order valence-corrected chi connectivity index (χ3v) is 5.59. The molecule has 1 saturated heterocycles. The van der Waals surface area contributed by atoms with Crippen molar-refractivity contribution in [2.24, 2.45) is 0 Å². The van der Waals surface area contributed by atoms with Gasteiger partial charge in [0, 0.05) is 18.5 Å². The number of carbonyl (C=O) groups excluding carboxylic acids is 1. The Balaban J connectivity index is 1.38. The van der Waals surface area contributed by atoms with Crippen LogP contribution in [0.3, 0.4) is 0 Å². The predicted molar refractivity (Wildman–Crippen MR) is 117 cm³/mol. The van der Waals surface area contributed by atoms with Gasteiger partial charge in [0.05, 0.1) is 0 Å². The topological polar surface area (TPSA) is 41.6 Å². The fraction of sp³-hybridized carbons (Fsp3) is 0.320. The van der Waals surface area contributed by atoms with Crippen molar-refractivity contribution in [3.05, 3.63) is 77.9 Å². The zero-order valence-corrected chi connectivity index (χ0v) is 16.9. The molecule has 0 aliphatic carbocycles. The summed E-state index contributed by atoms with van der Waals surface area (Å²) in [5.74, 6) is 0.633. The van der Waals surface area contributed by atoms with Crippen molar-refractivity contribution in [1.29, 1.82) is 0 Å². The molecule has 1 aliphatic rings. The van der Waals surface area contributed by atoms with Crippen molar-refractivity contribution in [2.45, 2.75) is 39.0 Å². The lowest BCUT2D eigenvalue weighted by Gasteiger charge is -2.19. The maximum atomic E-state index is 12.7. The van der Waals surface area contributed by atoms with E-state index >= 15 is 0 Å². The zero-order chi connectivity index (χ0) is 20.1. The molecule has 0 bridgehead atoms. The Hall–Kier alpha value is -2.85. The molecule has 0 spiro atoms. The van der Waals surface area contributed by atoms with E-state index in [0.29, 0.717) is 6.54 Å². The van der Waals surface area contributed by atoms with E-state index in [9.17, 15) is 4.79 Å². The third kappa shape index (κ3) is 4.77. The number of amides is 1. The second kappa shape index (κ2) is 9.10. The molecule has 0 aromatic heterocycles. The number of benzene rings is 3. The molecule has 3 aromatic rings. The molecule has 3 aromatic carbocycles. The Kier molecular flexibility index (Phi) is 6.11. The highest BCUT2D eigenvalue weighted by Crippen LogP contribution is 2.26. The smallest absolute Gasteiger partial charge is 0.261 e. The molecule has 4 rings (SSSR count). The standard InChI is InChI=1S/C25H28N2O2/c1-19(29-24-14-8-12-20-9-4-5-13-23(20)24)25(28)26-17-21-10-2-3-11-22(21)18-27-15-6-7-16-27/h2-5,8-14,19H,6-7,15-18H2,1H3,(H,26,28)/t19-/m0/s1. The summed E-state index contributed by atoms with van der Waals surface area (Å²) in [5.41, 5.74) is 2.46. The van der Waals surface area contributed by atoms with Gasteiger partial charge in [0.25, 0.3) is 5.91 Å². The molecule has 4 nitrogen and oxygen atoms in total. The van der Waals surface area contributed by atoms with Gasteiger partial charge < -0.3 is 10.1 Å². The number of nitrogens with zero attached hydrogens (tertiary/aromatic N) is 1. The normalized spacial score (nSPS) is 15.3. The molecule has 1 heterocycles. The molecule has 0 radical (unpaired) electrons. The number of hydrogen-bond acceptors (Lipinski definition) is 3. The second-order valence-electron chi connectivity index (χ2n) is 7.71. The van der Waals surface area contributed by atoms with Gasteiger partial charge in [-0.05, 0) is 55.4 Å². The fourth-order valence-electron chi connectivity index (χ4n) is 3.93. The molecule has 0 saturated carbocycles. The van der Waals surface area contributed by atoms with Crippen LogP contribution in [0, 0.1) is 0 Å². The minimum atomic E-state index is -0.563. The largest absolute Gasteiger partial charge is 0.480 e. The number of likely N-dealkylation sites (tertiary alicyclic amines) is 1. The van der Waals surface area contributed by atoms with Gasteiger partial charge in [-0.25, -0.2) is 0 Å². The van der Waals surface area contributed by atoms with Gasteiger partial charge >= 0.3 is 0 Å². The van der Waals surface area contributed by atoms with E-state index in [2.05, 4.69) is 28.4 Å². The Bertz CT molecular complexity index is 974. The first-order valence-electron chi connectivity index (χ1n) is 10.4. The number of carbonyl (C=O) groups is 1. The summed E-state index contributed by atoms with van der Waals surface area (Å²) in [5, 5.41) is 5.17. The summed E-state index contributed by atoms with van der Waals surface area (Å²) in [4.78, 5) is 15.1. The third-order valence-electron chi connectivity index (χ3n) is 5.59. The molecule has 1 fully saturated rings. The van der Waals surface area contributed by atoms with Crippen LogP contribution in [0.25, 0.3) is 10.8 Å². The number of rotatable bonds is 7. The summed E-state index contributed by atoms with van der Waals surface area (Å²) in [6.07, 6.45) is 2.00. The first-order valence-corrected chi connectivity index (χ1v) is 10.4. The lowest BCUT2D eigenvalue weighted by atomic mass is 10.1. The van der Waals surface area contributed by atoms with Crippen molar-refractivity contribution in [3.8, 4) is 5.75 Å². The molecule has 29 heavy (non-hydrogen) atoms. The Morgan fingerprint density at radius 3 is 2.48 bits per heavy atom. The molecule has 1 amide bonds. The van der Waals surface area contributed by atoms with Crippen LogP contribution in [0.4, 0.5) is 0 Å². The lowest BCUT2D eigenvalue weighted by Crippen LogP contribution is -2.36. The number of ether oxygens (including phenoxy) is 1. The van der Waals surface area contributed by atoms with Crippen LogP contribution in [0.2, 0.25) is 0 Å². The van der Waals surface area contributed by atoms with Crippen LogP contribution in [-0.4, -0.2) is 30.0 Å². The van der Waals surface area contributed by atoms with Gasteiger partial charge in [0.15, 0.2) is 6.10 Å². The minimum Gasteiger partial charge on any atom is -0.480 e. The van der Waals surface area contributed by atoms with Crippen LogP contribution in [0.15, 0.2) is 66.7 Å². The van der Waals surface area contributed by atoms with Crippen LogP contribution in [0.1, 0.15) is 30.9 Å².